The van der Waals surface area contributed by atoms with Gasteiger partial charge in [-0.15, -0.1) is 0 Å². The first kappa shape index (κ1) is 30.3. The molecule has 240 valence electrons. The molecular weight excluding hydrogens is 592 g/mol. The summed E-state index contributed by atoms with van der Waals surface area (Å²) in [6, 6.07) is 11.8. The van der Waals surface area contributed by atoms with Crippen LogP contribution in [-0.4, -0.2) is 81.5 Å². The number of carbonyl (C=O) groups excluding carboxylic acids is 2. The molecule has 1 spiro atoms. The Bertz CT molecular complexity index is 1800. The quantitative estimate of drug-likeness (QED) is 0.445. The third-order valence-corrected chi connectivity index (χ3v) is 12.4. The standard InChI is InChI=1S/C34H42N4O6S/c1-21-30-27-19-24(43-4)11-13-25(27)31-29(22-8-6-5-7-9-22)26-12-10-23-18-28(26)38(31)20-34(21,30)33(40)36(2)14-16-44-17-15-37(3)45(41,42)35-32(23)39/h10-13,18-19,21-22,30H,5-9,14-17,20H2,1-4H3,(H,35,39). The number of benzene rings is 2. The van der Waals surface area contributed by atoms with Crippen LogP contribution in [0, 0.1) is 11.3 Å². The molecule has 0 radical (unpaired) electrons. The largest absolute Gasteiger partial charge is 0.497 e. The summed E-state index contributed by atoms with van der Waals surface area (Å²) in [5.74, 6) is 0.571. The maximum absolute atomic E-state index is 14.6. The van der Waals surface area contributed by atoms with Gasteiger partial charge in [-0.05, 0) is 66.1 Å². The van der Waals surface area contributed by atoms with E-state index in [9.17, 15) is 18.0 Å². The fourth-order valence-electron chi connectivity index (χ4n) is 8.32. The van der Waals surface area contributed by atoms with Gasteiger partial charge in [-0.1, -0.05) is 32.3 Å². The maximum atomic E-state index is 14.6. The number of aromatic nitrogens is 1. The van der Waals surface area contributed by atoms with Crippen LogP contribution in [0.15, 0.2) is 36.4 Å². The van der Waals surface area contributed by atoms with Gasteiger partial charge in [0.2, 0.25) is 5.91 Å². The number of fused-ring (bicyclic) bond motifs is 4. The van der Waals surface area contributed by atoms with Crippen LogP contribution in [0.3, 0.4) is 0 Å². The van der Waals surface area contributed by atoms with E-state index in [-0.39, 0.29) is 43.1 Å². The Labute approximate surface area is 264 Å². The molecule has 3 unspecified atom stereocenters. The van der Waals surface area contributed by atoms with Crippen molar-refractivity contribution in [2.45, 2.75) is 57.4 Å². The Morgan fingerprint density at radius 1 is 1.00 bits per heavy atom. The highest BCUT2D eigenvalue weighted by Gasteiger charge is 2.69. The van der Waals surface area contributed by atoms with E-state index in [1.165, 1.54) is 19.0 Å². The zero-order valence-electron chi connectivity index (χ0n) is 26.5. The van der Waals surface area contributed by atoms with Crippen molar-refractivity contribution in [3.05, 3.63) is 53.1 Å². The molecule has 3 heterocycles. The molecule has 11 heteroatoms. The summed E-state index contributed by atoms with van der Waals surface area (Å²) in [4.78, 5) is 29.8. The number of nitrogens with one attached hydrogen (secondary N) is 1. The second-order valence-electron chi connectivity index (χ2n) is 13.3. The smallest absolute Gasteiger partial charge is 0.303 e. The Balaban J connectivity index is 1.50. The normalized spacial score (nSPS) is 27.5. The third kappa shape index (κ3) is 4.77. The van der Waals surface area contributed by atoms with Crippen LogP contribution in [0.5, 0.6) is 5.75 Å². The lowest BCUT2D eigenvalue weighted by Gasteiger charge is -2.26. The molecule has 7 rings (SSSR count). The van der Waals surface area contributed by atoms with E-state index >= 15 is 0 Å². The predicted molar refractivity (Wildman–Crippen MR) is 172 cm³/mol. The monoisotopic (exact) mass is 634 g/mol. The van der Waals surface area contributed by atoms with E-state index < -0.39 is 21.5 Å². The highest BCUT2D eigenvalue weighted by Crippen LogP contribution is 2.70. The molecule has 4 bridgehead atoms. The summed E-state index contributed by atoms with van der Waals surface area (Å²) < 4.78 is 43.1. The van der Waals surface area contributed by atoms with Crippen LogP contribution in [0.4, 0.5) is 0 Å². The molecule has 0 saturated heterocycles. The van der Waals surface area contributed by atoms with E-state index in [0.29, 0.717) is 19.0 Å². The number of rotatable bonds is 2. The molecule has 4 aliphatic rings. The first-order valence-corrected chi connectivity index (χ1v) is 17.5. The minimum absolute atomic E-state index is 0.0000170. The molecule has 2 aliphatic carbocycles. The van der Waals surface area contributed by atoms with E-state index in [2.05, 4.69) is 28.3 Å². The summed E-state index contributed by atoms with van der Waals surface area (Å²) >= 11 is 0. The van der Waals surface area contributed by atoms with Crippen LogP contribution in [0.2, 0.25) is 0 Å². The number of nitrogens with zero attached hydrogens (tertiary/aromatic N) is 3. The van der Waals surface area contributed by atoms with E-state index in [0.717, 1.165) is 63.5 Å². The molecule has 3 aromatic rings. The minimum Gasteiger partial charge on any atom is -0.497 e. The maximum Gasteiger partial charge on any atom is 0.303 e. The lowest BCUT2D eigenvalue weighted by Crippen LogP contribution is -2.43. The number of hydrogen-bond acceptors (Lipinski definition) is 6. The topological polar surface area (TPSA) is 110 Å². The Morgan fingerprint density at radius 3 is 2.51 bits per heavy atom. The number of hydrogen-bond donors (Lipinski definition) is 1. The van der Waals surface area contributed by atoms with Gasteiger partial charge in [0, 0.05) is 61.7 Å². The molecular formula is C34H42N4O6S. The second-order valence-corrected chi connectivity index (χ2v) is 15.0. The SMILES string of the molecule is COc1ccc2c(c1)C1C(C)C13Cn1c-2c(C2CCCCC2)c2ccc(cc21)C(=O)NS(=O)(=O)N(C)CCOCCN(C)C3=O. The summed E-state index contributed by atoms with van der Waals surface area (Å²) in [7, 11) is 0.825. The van der Waals surface area contributed by atoms with Crippen molar-refractivity contribution in [2.24, 2.45) is 11.3 Å². The molecule has 2 amide bonds. The van der Waals surface area contributed by atoms with E-state index in [1.54, 1.807) is 18.1 Å². The number of amides is 2. The van der Waals surface area contributed by atoms with Crippen molar-refractivity contribution < 1.29 is 27.5 Å². The van der Waals surface area contributed by atoms with Gasteiger partial charge in [0.05, 0.1) is 31.4 Å². The molecule has 1 N–H and O–H groups in total. The van der Waals surface area contributed by atoms with Crippen LogP contribution in [0.1, 0.15) is 72.3 Å². The van der Waals surface area contributed by atoms with E-state index in [1.807, 2.05) is 25.2 Å². The average Bonchev–Trinajstić information content (AvgIpc) is 3.54. The van der Waals surface area contributed by atoms with Crippen molar-refractivity contribution in [3.63, 3.8) is 0 Å². The summed E-state index contributed by atoms with van der Waals surface area (Å²) in [5.41, 5.74) is 5.03. The second kappa shape index (κ2) is 11.1. The molecule has 2 fully saturated rings. The third-order valence-electron chi connectivity index (χ3n) is 10.9. The zero-order chi connectivity index (χ0) is 31.7. The summed E-state index contributed by atoms with van der Waals surface area (Å²) in [6.45, 7) is 3.48. The fourth-order valence-corrected chi connectivity index (χ4v) is 9.14. The molecule has 1 aromatic heterocycles. The number of methoxy groups -OCH3 is 1. The van der Waals surface area contributed by atoms with Gasteiger partial charge in [0.25, 0.3) is 5.91 Å². The van der Waals surface area contributed by atoms with Gasteiger partial charge in [-0.25, -0.2) is 4.72 Å². The van der Waals surface area contributed by atoms with Crippen molar-refractivity contribution in [3.8, 4) is 17.0 Å². The van der Waals surface area contributed by atoms with Gasteiger partial charge in [0.15, 0.2) is 0 Å². The van der Waals surface area contributed by atoms with Crippen molar-refractivity contribution in [1.82, 2.24) is 18.5 Å². The summed E-state index contributed by atoms with van der Waals surface area (Å²) in [5, 5.41) is 1.06. The predicted octanol–water partition coefficient (Wildman–Crippen LogP) is 4.49. The molecule has 3 atom stereocenters. The van der Waals surface area contributed by atoms with Gasteiger partial charge in [0.1, 0.15) is 5.75 Å². The van der Waals surface area contributed by atoms with Gasteiger partial charge in [-0.2, -0.15) is 12.7 Å². The number of likely N-dealkylation sites (N-methyl/N-ethyl adjacent to an activating group) is 2. The van der Waals surface area contributed by atoms with Crippen LogP contribution in [0.25, 0.3) is 22.2 Å². The average molecular weight is 635 g/mol. The van der Waals surface area contributed by atoms with E-state index in [4.69, 9.17) is 9.47 Å². The lowest BCUT2D eigenvalue weighted by molar-refractivity contribution is -0.137. The molecule has 2 aliphatic heterocycles. The Morgan fingerprint density at radius 2 is 1.76 bits per heavy atom. The van der Waals surface area contributed by atoms with Crippen LogP contribution < -0.4 is 9.46 Å². The Kier molecular flexibility index (Phi) is 7.49. The fraction of sp³-hybridized carbons (Fsp3) is 0.529. The highest BCUT2D eigenvalue weighted by atomic mass is 32.2. The van der Waals surface area contributed by atoms with Crippen LogP contribution >= 0.6 is 0 Å². The molecule has 45 heavy (non-hydrogen) atoms. The zero-order valence-corrected chi connectivity index (χ0v) is 27.3. The lowest BCUT2D eigenvalue weighted by atomic mass is 9.81. The highest BCUT2D eigenvalue weighted by molar-refractivity contribution is 7.87. The minimum atomic E-state index is -4.09. The van der Waals surface area contributed by atoms with Crippen LogP contribution in [-0.2, 0) is 26.3 Å². The first-order valence-electron chi connectivity index (χ1n) is 16.0. The van der Waals surface area contributed by atoms with Crippen molar-refractivity contribution in [1.29, 1.82) is 0 Å². The van der Waals surface area contributed by atoms with Crippen molar-refractivity contribution >= 4 is 32.9 Å². The first-order chi connectivity index (χ1) is 21.6. The van der Waals surface area contributed by atoms with Crippen molar-refractivity contribution in [2.75, 3.05) is 47.5 Å². The molecule has 2 aromatic carbocycles. The number of carbonyl (C=O) groups is 2. The molecule has 2 saturated carbocycles. The Hall–Kier alpha value is -3.41. The number of ether oxygens (including phenoxy) is 2. The van der Waals surface area contributed by atoms with Gasteiger partial charge in [-0.3, -0.25) is 9.59 Å². The van der Waals surface area contributed by atoms with Gasteiger partial charge < -0.3 is 18.9 Å². The van der Waals surface area contributed by atoms with Gasteiger partial charge >= 0.3 is 10.2 Å². The summed E-state index contributed by atoms with van der Waals surface area (Å²) in [6.07, 6.45) is 5.70. The molecule has 10 nitrogen and oxygen atoms in total.